The van der Waals surface area contributed by atoms with Gasteiger partial charge in [0.05, 0.1) is 7.11 Å². The molecule has 1 aliphatic carbocycles. The fraction of sp³-hybridized carbons (Fsp3) is 0.429. The van der Waals surface area contributed by atoms with Crippen LogP contribution in [0.1, 0.15) is 54.4 Å². The zero-order valence-electron chi connectivity index (χ0n) is 15.9. The molecule has 1 fully saturated rings. The maximum Gasteiger partial charge on any atom is 0.191 e. The minimum Gasteiger partial charge on any atom is -0.494 e. The van der Waals surface area contributed by atoms with E-state index in [2.05, 4.69) is 32.3 Å². The van der Waals surface area contributed by atoms with E-state index < -0.39 is 0 Å². The number of nitrogens with zero attached hydrogens (tertiary/aromatic N) is 3. The minimum atomic E-state index is -0.326. The van der Waals surface area contributed by atoms with E-state index in [1.54, 1.807) is 35.2 Å². The Kier molecular flexibility index (Phi) is 6.32. The lowest BCUT2D eigenvalue weighted by atomic mass is 9.95. The van der Waals surface area contributed by atoms with Crippen molar-refractivity contribution in [2.24, 2.45) is 0 Å². The summed E-state index contributed by atoms with van der Waals surface area (Å²) in [5.74, 6) is 1.65. The molecule has 0 atom stereocenters. The molecule has 148 valence electrons. The van der Waals surface area contributed by atoms with Gasteiger partial charge in [0.15, 0.2) is 16.7 Å². The first-order chi connectivity index (χ1) is 13.7. The Bertz CT molecular complexity index is 905. The maximum atomic E-state index is 14.0. The van der Waals surface area contributed by atoms with E-state index in [1.165, 1.54) is 44.1 Å². The van der Waals surface area contributed by atoms with Crippen LogP contribution in [0.2, 0.25) is 0 Å². The highest BCUT2D eigenvalue weighted by Gasteiger charge is 2.23. The summed E-state index contributed by atoms with van der Waals surface area (Å²) < 4.78 is 21.4. The first-order valence-electron chi connectivity index (χ1n) is 9.66. The molecule has 0 spiro atoms. The van der Waals surface area contributed by atoms with Crippen molar-refractivity contribution in [2.75, 3.05) is 7.11 Å². The SMILES string of the molecule is COc1ccc(CSc2nnc(Cc3cccs3)n2C2CCCCC2)cc1F. The lowest BCUT2D eigenvalue weighted by molar-refractivity contribution is 0.330. The molecule has 4 rings (SSSR count). The van der Waals surface area contributed by atoms with Crippen LogP contribution in [0.15, 0.2) is 40.9 Å². The van der Waals surface area contributed by atoms with Crippen LogP contribution in [0.25, 0.3) is 0 Å². The Hall–Kier alpha value is -1.86. The van der Waals surface area contributed by atoms with Crippen molar-refractivity contribution in [1.82, 2.24) is 14.8 Å². The quantitative estimate of drug-likeness (QED) is 0.450. The molecule has 4 nitrogen and oxygen atoms in total. The Morgan fingerprint density at radius 1 is 1.21 bits per heavy atom. The number of aromatic nitrogens is 3. The molecule has 1 aliphatic rings. The van der Waals surface area contributed by atoms with E-state index in [1.807, 2.05) is 6.07 Å². The normalized spacial score (nSPS) is 15.1. The fourth-order valence-corrected chi connectivity index (χ4v) is 5.42. The fourth-order valence-electron chi connectivity index (χ4n) is 3.75. The zero-order valence-corrected chi connectivity index (χ0v) is 17.6. The predicted octanol–water partition coefficient (Wildman–Crippen LogP) is 5.88. The van der Waals surface area contributed by atoms with Crippen LogP contribution in [-0.2, 0) is 12.2 Å². The lowest BCUT2D eigenvalue weighted by Gasteiger charge is -2.25. The van der Waals surface area contributed by atoms with Crippen LogP contribution in [0.4, 0.5) is 4.39 Å². The highest BCUT2D eigenvalue weighted by Crippen LogP contribution is 2.34. The van der Waals surface area contributed by atoms with E-state index in [9.17, 15) is 4.39 Å². The number of thiophene rings is 1. The van der Waals surface area contributed by atoms with E-state index in [0.717, 1.165) is 23.0 Å². The van der Waals surface area contributed by atoms with Gasteiger partial charge in [-0.2, -0.15) is 0 Å². The topological polar surface area (TPSA) is 39.9 Å². The summed E-state index contributed by atoms with van der Waals surface area (Å²) in [6, 6.07) is 9.82. The number of benzene rings is 1. The summed E-state index contributed by atoms with van der Waals surface area (Å²) in [5.41, 5.74) is 0.918. The number of rotatable bonds is 7. The van der Waals surface area contributed by atoms with Crippen LogP contribution >= 0.6 is 23.1 Å². The van der Waals surface area contributed by atoms with Crippen molar-refractivity contribution in [3.63, 3.8) is 0 Å². The van der Waals surface area contributed by atoms with Crippen LogP contribution in [0.5, 0.6) is 5.75 Å². The van der Waals surface area contributed by atoms with Gasteiger partial charge >= 0.3 is 0 Å². The average Bonchev–Trinajstić information content (AvgIpc) is 3.37. The van der Waals surface area contributed by atoms with Gasteiger partial charge in [0, 0.05) is 23.1 Å². The molecular weight excluding hydrogens is 393 g/mol. The van der Waals surface area contributed by atoms with Crippen molar-refractivity contribution in [3.8, 4) is 5.75 Å². The minimum absolute atomic E-state index is 0.275. The highest BCUT2D eigenvalue weighted by molar-refractivity contribution is 7.98. The number of thioether (sulfide) groups is 1. The molecule has 28 heavy (non-hydrogen) atoms. The lowest BCUT2D eigenvalue weighted by Crippen LogP contribution is -2.16. The molecule has 0 bridgehead atoms. The molecule has 1 saturated carbocycles. The summed E-state index contributed by atoms with van der Waals surface area (Å²) >= 11 is 3.39. The maximum absolute atomic E-state index is 14.0. The number of hydrogen-bond donors (Lipinski definition) is 0. The monoisotopic (exact) mass is 417 g/mol. The van der Waals surface area contributed by atoms with Gasteiger partial charge in [-0.25, -0.2) is 4.39 Å². The van der Waals surface area contributed by atoms with Gasteiger partial charge in [0.2, 0.25) is 0 Å². The second-order valence-electron chi connectivity index (χ2n) is 7.07. The molecule has 0 aliphatic heterocycles. The molecule has 2 aromatic heterocycles. The molecule has 0 N–H and O–H groups in total. The highest BCUT2D eigenvalue weighted by atomic mass is 32.2. The van der Waals surface area contributed by atoms with Crippen LogP contribution in [0, 0.1) is 5.82 Å². The van der Waals surface area contributed by atoms with Gasteiger partial charge < -0.3 is 9.30 Å². The molecule has 0 radical (unpaired) electrons. The van der Waals surface area contributed by atoms with Crippen molar-refractivity contribution in [3.05, 3.63) is 57.8 Å². The van der Waals surface area contributed by atoms with Gasteiger partial charge in [-0.3, -0.25) is 0 Å². The van der Waals surface area contributed by atoms with E-state index in [-0.39, 0.29) is 11.6 Å². The van der Waals surface area contributed by atoms with Gasteiger partial charge in [0.25, 0.3) is 0 Å². The average molecular weight is 418 g/mol. The third-order valence-electron chi connectivity index (χ3n) is 5.17. The summed E-state index contributed by atoms with van der Waals surface area (Å²) in [4.78, 5) is 1.30. The zero-order chi connectivity index (χ0) is 19.3. The molecule has 0 saturated heterocycles. The largest absolute Gasteiger partial charge is 0.494 e. The Balaban J connectivity index is 1.55. The van der Waals surface area contributed by atoms with Gasteiger partial charge in [-0.15, -0.1) is 21.5 Å². The molecule has 1 aromatic carbocycles. The first-order valence-corrected chi connectivity index (χ1v) is 11.5. The number of hydrogen-bond acceptors (Lipinski definition) is 5. The summed E-state index contributed by atoms with van der Waals surface area (Å²) in [7, 11) is 1.48. The van der Waals surface area contributed by atoms with Crippen LogP contribution in [0.3, 0.4) is 0 Å². The molecule has 3 aromatic rings. The molecular formula is C21H24FN3OS2. The standard InChI is InChI=1S/C21H24FN3OS2/c1-26-19-10-9-15(12-18(19)22)14-28-21-24-23-20(13-17-8-5-11-27-17)25(21)16-6-3-2-4-7-16/h5,8-12,16H,2-4,6-7,13-14H2,1H3. The summed E-state index contributed by atoms with van der Waals surface area (Å²) in [6.07, 6.45) is 7.01. The molecule has 2 heterocycles. The van der Waals surface area contributed by atoms with Crippen molar-refractivity contribution >= 4 is 23.1 Å². The van der Waals surface area contributed by atoms with Gasteiger partial charge in [-0.1, -0.05) is 43.2 Å². The molecule has 7 heteroatoms. The third kappa shape index (κ3) is 4.41. The van der Waals surface area contributed by atoms with Crippen molar-refractivity contribution < 1.29 is 9.13 Å². The molecule has 0 amide bonds. The predicted molar refractivity (Wildman–Crippen MR) is 112 cm³/mol. The second-order valence-corrected chi connectivity index (χ2v) is 9.05. The number of methoxy groups -OCH3 is 1. The van der Waals surface area contributed by atoms with Crippen LogP contribution < -0.4 is 4.74 Å². The van der Waals surface area contributed by atoms with E-state index in [4.69, 9.17) is 4.74 Å². The second kappa shape index (κ2) is 9.09. The number of halogens is 1. The Morgan fingerprint density at radius 2 is 2.07 bits per heavy atom. The smallest absolute Gasteiger partial charge is 0.191 e. The third-order valence-corrected chi connectivity index (χ3v) is 7.06. The Labute approximate surface area is 173 Å². The van der Waals surface area contributed by atoms with Crippen molar-refractivity contribution in [1.29, 1.82) is 0 Å². The van der Waals surface area contributed by atoms with E-state index >= 15 is 0 Å². The first kappa shape index (κ1) is 19.5. The Morgan fingerprint density at radius 3 is 2.79 bits per heavy atom. The number of ether oxygens (including phenoxy) is 1. The molecule has 0 unspecified atom stereocenters. The van der Waals surface area contributed by atoms with Crippen LogP contribution in [-0.4, -0.2) is 21.9 Å². The van der Waals surface area contributed by atoms with Gasteiger partial charge in [0.1, 0.15) is 5.82 Å². The summed E-state index contributed by atoms with van der Waals surface area (Å²) in [6.45, 7) is 0. The van der Waals surface area contributed by atoms with E-state index in [0.29, 0.717) is 11.8 Å². The summed E-state index contributed by atoms with van der Waals surface area (Å²) in [5, 5.41) is 12.1. The van der Waals surface area contributed by atoms with Crippen molar-refractivity contribution in [2.45, 2.75) is 55.5 Å². The van der Waals surface area contributed by atoms with Gasteiger partial charge in [-0.05, 0) is 42.0 Å².